The van der Waals surface area contributed by atoms with E-state index in [-0.39, 0.29) is 24.1 Å². The molecule has 4 rings (SSSR count). The Morgan fingerprint density at radius 1 is 1.04 bits per heavy atom. The number of benzene rings is 1. The number of halogens is 1. The van der Waals surface area contributed by atoms with Crippen molar-refractivity contribution in [3.05, 3.63) is 35.4 Å². The van der Waals surface area contributed by atoms with Crippen LogP contribution < -0.4 is 0 Å². The average molecular weight is 365 g/mol. The topological polar surface area (TPSA) is 43.8 Å². The second-order valence-electron chi connectivity index (χ2n) is 7.68. The summed E-state index contributed by atoms with van der Waals surface area (Å²) in [6.45, 7) is 4.45. The predicted octanol–water partition coefficient (Wildman–Crippen LogP) is 3.25. The molecular formula is C20H29ClN2O2. The van der Waals surface area contributed by atoms with Crippen LogP contribution >= 0.6 is 12.4 Å². The van der Waals surface area contributed by atoms with E-state index in [1.165, 1.54) is 32.4 Å². The fraction of sp³-hybridized carbons (Fsp3) is 0.650. The van der Waals surface area contributed by atoms with Gasteiger partial charge in [0.1, 0.15) is 6.23 Å². The molecule has 0 unspecified atom stereocenters. The van der Waals surface area contributed by atoms with Crippen LogP contribution in [0.25, 0.3) is 0 Å². The summed E-state index contributed by atoms with van der Waals surface area (Å²) in [5.41, 5.74) is 1.71. The Morgan fingerprint density at radius 2 is 1.72 bits per heavy atom. The van der Waals surface area contributed by atoms with Gasteiger partial charge in [-0.05, 0) is 57.2 Å². The van der Waals surface area contributed by atoms with E-state index >= 15 is 0 Å². The van der Waals surface area contributed by atoms with Gasteiger partial charge in [-0.25, -0.2) is 0 Å². The Hall–Kier alpha value is -0.940. The summed E-state index contributed by atoms with van der Waals surface area (Å²) in [7, 11) is 0. The van der Waals surface area contributed by atoms with Crippen molar-refractivity contribution < 1.29 is 9.90 Å². The third kappa shape index (κ3) is 4.25. The third-order valence-corrected chi connectivity index (χ3v) is 5.85. The molecule has 3 fully saturated rings. The largest absolute Gasteiger partial charge is 0.374 e. The monoisotopic (exact) mass is 364 g/mol. The maximum absolute atomic E-state index is 12.1. The molecule has 0 aromatic heterocycles. The number of rotatable bonds is 6. The Kier molecular flexibility index (Phi) is 6.16. The van der Waals surface area contributed by atoms with Gasteiger partial charge in [0.15, 0.2) is 5.78 Å². The first kappa shape index (κ1) is 18.8. The molecule has 1 aromatic carbocycles. The van der Waals surface area contributed by atoms with Crippen molar-refractivity contribution in [2.45, 2.75) is 50.8 Å². The van der Waals surface area contributed by atoms with Gasteiger partial charge in [-0.1, -0.05) is 24.3 Å². The summed E-state index contributed by atoms with van der Waals surface area (Å²) in [4.78, 5) is 16.9. The highest BCUT2D eigenvalue weighted by Gasteiger charge is 2.33. The van der Waals surface area contributed by atoms with Crippen LogP contribution in [0.1, 0.15) is 60.7 Å². The number of nitrogens with zero attached hydrogens (tertiary/aromatic N) is 2. The van der Waals surface area contributed by atoms with E-state index in [0.29, 0.717) is 6.04 Å². The minimum absolute atomic E-state index is 0. The Morgan fingerprint density at radius 3 is 2.36 bits per heavy atom. The molecule has 4 nitrogen and oxygen atoms in total. The lowest BCUT2D eigenvalue weighted by Gasteiger charge is -2.32. The molecule has 2 aliphatic heterocycles. The molecular weight excluding hydrogens is 336 g/mol. The average Bonchev–Trinajstić information content (AvgIpc) is 3.14. The summed E-state index contributed by atoms with van der Waals surface area (Å²) >= 11 is 0. The number of carbonyl (C=O) groups is 1. The molecule has 2 atom stereocenters. The van der Waals surface area contributed by atoms with Crippen LogP contribution in [0.2, 0.25) is 0 Å². The molecule has 138 valence electrons. The maximum atomic E-state index is 12.1. The number of aliphatic hydroxyl groups is 1. The summed E-state index contributed by atoms with van der Waals surface area (Å²) in [6, 6.07) is 8.11. The Balaban J connectivity index is 0.00000182. The SMILES string of the molecule is Cl.O=C(c1ccc([C@H](O)N2CCC[C@H]2CN2CCCC2)cc1)C1CC1. The van der Waals surface area contributed by atoms with Crippen molar-refractivity contribution >= 4 is 18.2 Å². The molecule has 1 N–H and O–H groups in total. The zero-order valence-electron chi connectivity index (χ0n) is 14.8. The molecule has 0 radical (unpaired) electrons. The lowest BCUT2D eigenvalue weighted by atomic mass is 10.0. The van der Waals surface area contributed by atoms with Gasteiger partial charge in [0.25, 0.3) is 0 Å². The van der Waals surface area contributed by atoms with Crippen molar-refractivity contribution in [3.8, 4) is 0 Å². The van der Waals surface area contributed by atoms with E-state index in [9.17, 15) is 9.90 Å². The second-order valence-corrected chi connectivity index (χ2v) is 7.68. The van der Waals surface area contributed by atoms with Gasteiger partial charge in [-0.2, -0.15) is 0 Å². The molecule has 0 bridgehead atoms. The van der Waals surface area contributed by atoms with E-state index in [1.54, 1.807) is 0 Å². The summed E-state index contributed by atoms with van der Waals surface area (Å²) in [5.74, 6) is 0.522. The fourth-order valence-electron chi connectivity index (χ4n) is 4.23. The Labute approximate surface area is 156 Å². The van der Waals surface area contributed by atoms with Crippen LogP contribution in [0.4, 0.5) is 0 Å². The van der Waals surface area contributed by atoms with Crippen molar-refractivity contribution in [2.24, 2.45) is 5.92 Å². The maximum Gasteiger partial charge on any atom is 0.165 e. The quantitative estimate of drug-likeness (QED) is 0.787. The zero-order valence-corrected chi connectivity index (χ0v) is 15.6. The van der Waals surface area contributed by atoms with Gasteiger partial charge in [0, 0.05) is 30.6 Å². The number of hydrogen-bond acceptors (Lipinski definition) is 4. The van der Waals surface area contributed by atoms with E-state index < -0.39 is 6.23 Å². The van der Waals surface area contributed by atoms with E-state index in [0.717, 1.165) is 43.5 Å². The first-order chi connectivity index (χ1) is 11.7. The highest BCUT2D eigenvalue weighted by Crippen LogP contribution is 2.33. The van der Waals surface area contributed by atoms with Crippen LogP contribution in [0.15, 0.2) is 24.3 Å². The molecule has 1 saturated carbocycles. The number of likely N-dealkylation sites (tertiary alicyclic amines) is 2. The van der Waals surface area contributed by atoms with Crippen LogP contribution in [0.3, 0.4) is 0 Å². The van der Waals surface area contributed by atoms with E-state index in [1.807, 2.05) is 24.3 Å². The highest BCUT2D eigenvalue weighted by atomic mass is 35.5. The van der Waals surface area contributed by atoms with Gasteiger partial charge >= 0.3 is 0 Å². The first-order valence-corrected chi connectivity index (χ1v) is 9.53. The molecule has 2 heterocycles. The van der Waals surface area contributed by atoms with Crippen LogP contribution in [0.5, 0.6) is 0 Å². The standard InChI is InChI=1S/C20H28N2O2.ClH/c23-19(15-5-6-15)16-7-9-17(10-8-16)20(24)22-13-3-4-18(22)14-21-11-1-2-12-21;/h7-10,15,18,20,24H,1-6,11-14H2;1H/t18-,20-;/m0./s1. The lowest BCUT2D eigenvalue weighted by molar-refractivity contribution is -0.0138. The number of aliphatic hydroxyl groups excluding tert-OH is 1. The minimum Gasteiger partial charge on any atom is -0.374 e. The van der Waals surface area contributed by atoms with Crippen molar-refractivity contribution in [2.75, 3.05) is 26.2 Å². The smallest absolute Gasteiger partial charge is 0.165 e. The molecule has 0 spiro atoms. The number of hydrogen-bond donors (Lipinski definition) is 1. The summed E-state index contributed by atoms with van der Waals surface area (Å²) in [5, 5.41) is 10.8. The third-order valence-electron chi connectivity index (χ3n) is 5.85. The summed E-state index contributed by atoms with van der Waals surface area (Å²) in [6.07, 6.45) is 6.48. The fourth-order valence-corrected chi connectivity index (χ4v) is 4.23. The van der Waals surface area contributed by atoms with Gasteiger partial charge in [-0.3, -0.25) is 9.69 Å². The molecule has 0 amide bonds. The lowest BCUT2D eigenvalue weighted by Crippen LogP contribution is -2.41. The zero-order chi connectivity index (χ0) is 16.5. The normalized spacial score (nSPS) is 25.7. The van der Waals surface area contributed by atoms with E-state index in [4.69, 9.17) is 0 Å². The molecule has 2 saturated heterocycles. The van der Waals surface area contributed by atoms with E-state index in [2.05, 4.69) is 9.80 Å². The van der Waals surface area contributed by atoms with Crippen LogP contribution in [0, 0.1) is 5.92 Å². The predicted molar refractivity (Wildman–Crippen MR) is 101 cm³/mol. The van der Waals surface area contributed by atoms with Crippen molar-refractivity contribution in [1.82, 2.24) is 9.80 Å². The first-order valence-electron chi connectivity index (χ1n) is 9.53. The summed E-state index contributed by atoms with van der Waals surface area (Å²) < 4.78 is 0. The molecule has 25 heavy (non-hydrogen) atoms. The van der Waals surface area contributed by atoms with Crippen molar-refractivity contribution in [1.29, 1.82) is 0 Å². The molecule has 5 heteroatoms. The van der Waals surface area contributed by atoms with Gasteiger partial charge < -0.3 is 10.0 Å². The molecule has 1 aliphatic carbocycles. The molecule has 1 aromatic rings. The molecule has 3 aliphatic rings. The number of ketones is 1. The van der Waals surface area contributed by atoms with Gasteiger partial charge in [-0.15, -0.1) is 12.4 Å². The van der Waals surface area contributed by atoms with Crippen LogP contribution in [-0.2, 0) is 0 Å². The van der Waals surface area contributed by atoms with Gasteiger partial charge in [0.2, 0.25) is 0 Å². The number of Topliss-reactive ketones (excluding diaryl/α,β-unsaturated/α-hetero) is 1. The Bertz CT molecular complexity index is 582. The van der Waals surface area contributed by atoms with Gasteiger partial charge in [0.05, 0.1) is 0 Å². The minimum atomic E-state index is -0.551. The second kappa shape index (κ2) is 8.17. The highest BCUT2D eigenvalue weighted by molar-refractivity contribution is 5.99. The van der Waals surface area contributed by atoms with Crippen molar-refractivity contribution in [3.63, 3.8) is 0 Å². The van der Waals surface area contributed by atoms with Crippen LogP contribution in [-0.4, -0.2) is 52.9 Å². The number of carbonyl (C=O) groups excluding carboxylic acids is 1.